The predicted octanol–water partition coefficient (Wildman–Crippen LogP) is -0.562. The Balaban J connectivity index is 0.00000200. The molecule has 2 aromatic rings. The largest absolute Gasteiger partial charge is 1.00 e. The third-order valence-electron chi connectivity index (χ3n) is 3.18. The van der Waals surface area contributed by atoms with Crippen LogP contribution in [0, 0.1) is 0 Å². The number of aromatic nitrogens is 1. The van der Waals surface area contributed by atoms with Crippen LogP contribution in [0.4, 0.5) is 0 Å². The van der Waals surface area contributed by atoms with E-state index in [-0.39, 0.29) is 18.3 Å². The molecule has 1 amide bonds. The summed E-state index contributed by atoms with van der Waals surface area (Å²) >= 11 is 0. The molecule has 108 valence electrons. The fourth-order valence-electron chi connectivity index (χ4n) is 2.10. The van der Waals surface area contributed by atoms with Crippen molar-refractivity contribution in [3.63, 3.8) is 0 Å². The van der Waals surface area contributed by atoms with Gasteiger partial charge in [0.15, 0.2) is 12.4 Å². The maximum absolute atomic E-state index is 11.8. The summed E-state index contributed by atoms with van der Waals surface area (Å²) in [6, 6.07) is 10.2. The first-order chi connectivity index (χ1) is 9.29. The second-order valence-corrected chi connectivity index (χ2v) is 4.80. The molecule has 0 spiro atoms. The van der Waals surface area contributed by atoms with Crippen molar-refractivity contribution < 1.29 is 21.8 Å². The van der Waals surface area contributed by atoms with Gasteiger partial charge < -0.3 is 17.7 Å². The summed E-state index contributed by atoms with van der Waals surface area (Å²) < 4.78 is 1.93. The summed E-state index contributed by atoms with van der Waals surface area (Å²) in [6.07, 6.45) is 7.37. The number of nitrogens with zero attached hydrogens (tertiary/aromatic N) is 1. The molecule has 0 saturated heterocycles. The zero-order chi connectivity index (χ0) is 13.5. The van der Waals surface area contributed by atoms with E-state index in [1.165, 1.54) is 18.2 Å². The van der Waals surface area contributed by atoms with Crippen LogP contribution < -0.4 is 22.3 Å². The number of unbranched alkanes of at least 4 members (excludes halogenated alkanes) is 2. The average molecular weight is 293 g/mol. The van der Waals surface area contributed by atoms with Crippen LogP contribution >= 0.6 is 0 Å². The predicted molar refractivity (Wildman–Crippen MR) is 76.7 cm³/mol. The van der Waals surface area contributed by atoms with Crippen molar-refractivity contribution in [2.75, 3.05) is 6.54 Å². The van der Waals surface area contributed by atoms with E-state index in [0.29, 0.717) is 6.54 Å². The fraction of sp³-hybridized carbons (Fsp3) is 0.375. The Hall–Kier alpha value is -1.61. The van der Waals surface area contributed by atoms with Crippen LogP contribution in [0.3, 0.4) is 0 Å². The summed E-state index contributed by atoms with van der Waals surface area (Å²) in [7, 11) is 0. The number of hydrogen-bond donors (Lipinski definition) is 1. The average Bonchev–Trinajstić information content (AvgIpc) is 2.43. The van der Waals surface area contributed by atoms with Crippen LogP contribution in [-0.4, -0.2) is 12.5 Å². The van der Waals surface area contributed by atoms with Crippen LogP contribution in [0.2, 0.25) is 0 Å². The first-order valence-corrected chi connectivity index (χ1v) is 6.94. The lowest BCUT2D eigenvalue weighted by Crippen LogP contribution is -3.00. The minimum atomic E-state index is 0. The van der Waals surface area contributed by atoms with Gasteiger partial charge in [-0.3, -0.25) is 4.79 Å². The number of nitrogens with one attached hydrogen (secondary N) is 1. The Morgan fingerprint density at radius 3 is 2.65 bits per heavy atom. The van der Waals surface area contributed by atoms with Crippen molar-refractivity contribution in [1.82, 2.24) is 5.32 Å². The van der Waals surface area contributed by atoms with Gasteiger partial charge in [0.2, 0.25) is 6.54 Å². The third-order valence-corrected chi connectivity index (χ3v) is 3.18. The molecule has 1 aromatic carbocycles. The van der Waals surface area contributed by atoms with Gasteiger partial charge in [-0.2, -0.15) is 4.57 Å². The van der Waals surface area contributed by atoms with Gasteiger partial charge in [-0.05, 0) is 17.9 Å². The molecule has 0 aliphatic heterocycles. The number of carbonyl (C=O) groups excluding carboxylic acids is 1. The molecule has 0 atom stereocenters. The topological polar surface area (TPSA) is 33.0 Å². The third kappa shape index (κ3) is 4.82. The molecule has 20 heavy (non-hydrogen) atoms. The standard InChI is InChI=1S/C16H20N2O.ClH/c1-2-3-6-10-17-16(19)13-18-11-9-14-7-4-5-8-15(14)12-18;/h4-5,7-9,11-12H,2-3,6,10,13H2,1H3;1H. The van der Waals surface area contributed by atoms with Crippen molar-refractivity contribution in [2.45, 2.75) is 32.7 Å². The molecule has 0 fully saturated rings. The molecule has 0 radical (unpaired) electrons. The molecule has 1 heterocycles. The molecular weight excluding hydrogens is 272 g/mol. The maximum Gasteiger partial charge on any atom is 0.285 e. The number of benzene rings is 1. The molecule has 0 aliphatic carbocycles. The van der Waals surface area contributed by atoms with Crippen molar-refractivity contribution in [2.24, 2.45) is 0 Å². The molecule has 3 nitrogen and oxygen atoms in total. The number of pyridine rings is 1. The quantitative estimate of drug-likeness (QED) is 0.562. The monoisotopic (exact) mass is 292 g/mol. The molecular formula is C16H21ClN2O. The number of rotatable bonds is 6. The normalized spacial score (nSPS) is 10.1. The number of hydrogen-bond acceptors (Lipinski definition) is 1. The molecule has 4 heteroatoms. The lowest BCUT2D eigenvalue weighted by Gasteiger charge is -2.02. The van der Waals surface area contributed by atoms with E-state index in [4.69, 9.17) is 0 Å². The molecule has 0 unspecified atom stereocenters. The van der Waals surface area contributed by atoms with Crippen LogP contribution in [0.25, 0.3) is 10.8 Å². The Bertz CT molecular complexity index is 557. The number of halogens is 1. The Kier molecular flexibility index (Phi) is 7.02. The summed E-state index contributed by atoms with van der Waals surface area (Å²) in [5.74, 6) is 0.0800. The molecule has 0 aliphatic rings. The summed E-state index contributed by atoms with van der Waals surface area (Å²) in [4.78, 5) is 11.8. The van der Waals surface area contributed by atoms with Crippen LogP contribution in [0.1, 0.15) is 26.2 Å². The van der Waals surface area contributed by atoms with Gasteiger partial charge in [0.1, 0.15) is 0 Å². The number of carbonyl (C=O) groups is 1. The van der Waals surface area contributed by atoms with E-state index < -0.39 is 0 Å². The highest BCUT2D eigenvalue weighted by Gasteiger charge is 2.09. The second-order valence-electron chi connectivity index (χ2n) is 4.80. The lowest BCUT2D eigenvalue weighted by molar-refractivity contribution is -0.683. The smallest absolute Gasteiger partial charge is 0.285 e. The number of fused-ring (bicyclic) bond motifs is 1. The van der Waals surface area contributed by atoms with Gasteiger partial charge in [-0.15, -0.1) is 0 Å². The molecule has 0 saturated carbocycles. The van der Waals surface area contributed by atoms with Gasteiger partial charge in [0.25, 0.3) is 5.91 Å². The van der Waals surface area contributed by atoms with E-state index >= 15 is 0 Å². The molecule has 0 bridgehead atoms. The number of amides is 1. The first-order valence-electron chi connectivity index (χ1n) is 6.94. The van der Waals surface area contributed by atoms with Crippen molar-refractivity contribution in [3.05, 3.63) is 42.7 Å². The zero-order valence-electron chi connectivity index (χ0n) is 11.8. The molecule has 2 rings (SSSR count). The molecule has 1 N–H and O–H groups in total. The Morgan fingerprint density at radius 1 is 1.15 bits per heavy atom. The minimum absolute atomic E-state index is 0. The van der Waals surface area contributed by atoms with Crippen molar-refractivity contribution >= 4 is 16.7 Å². The maximum atomic E-state index is 11.8. The van der Waals surface area contributed by atoms with E-state index in [2.05, 4.69) is 24.4 Å². The minimum Gasteiger partial charge on any atom is -1.00 e. The zero-order valence-corrected chi connectivity index (χ0v) is 12.6. The van der Waals surface area contributed by atoms with Gasteiger partial charge in [0.05, 0.1) is 0 Å². The highest BCUT2D eigenvalue weighted by Crippen LogP contribution is 2.09. The van der Waals surface area contributed by atoms with Gasteiger partial charge >= 0.3 is 0 Å². The SMILES string of the molecule is CCCCCNC(=O)C[n+]1ccc2ccccc2c1.[Cl-]. The van der Waals surface area contributed by atoms with Crippen molar-refractivity contribution in [3.8, 4) is 0 Å². The highest BCUT2D eigenvalue weighted by molar-refractivity contribution is 5.80. The van der Waals surface area contributed by atoms with E-state index in [1.807, 2.05) is 35.2 Å². The summed E-state index contributed by atoms with van der Waals surface area (Å²) in [5.41, 5.74) is 0. The van der Waals surface area contributed by atoms with Gasteiger partial charge in [0, 0.05) is 18.0 Å². The van der Waals surface area contributed by atoms with Gasteiger partial charge in [-0.25, -0.2) is 0 Å². The molecule has 1 aromatic heterocycles. The first kappa shape index (κ1) is 16.4. The lowest BCUT2D eigenvalue weighted by atomic mass is 10.2. The van der Waals surface area contributed by atoms with E-state index in [0.717, 1.165) is 18.4 Å². The highest BCUT2D eigenvalue weighted by atomic mass is 35.5. The van der Waals surface area contributed by atoms with Crippen LogP contribution in [0.5, 0.6) is 0 Å². The van der Waals surface area contributed by atoms with Crippen LogP contribution in [0.15, 0.2) is 42.7 Å². The van der Waals surface area contributed by atoms with E-state index in [9.17, 15) is 4.79 Å². The Labute approximate surface area is 126 Å². The van der Waals surface area contributed by atoms with E-state index in [1.54, 1.807) is 0 Å². The van der Waals surface area contributed by atoms with Crippen LogP contribution in [-0.2, 0) is 11.3 Å². The Morgan fingerprint density at radius 2 is 1.90 bits per heavy atom. The van der Waals surface area contributed by atoms with Gasteiger partial charge in [-0.1, -0.05) is 38.0 Å². The summed E-state index contributed by atoms with van der Waals surface area (Å²) in [6.45, 7) is 3.32. The van der Waals surface area contributed by atoms with Crippen molar-refractivity contribution in [1.29, 1.82) is 0 Å². The fourth-order valence-corrected chi connectivity index (χ4v) is 2.10. The second kappa shape index (κ2) is 8.54. The summed E-state index contributed by atoms with van der Waals surface area (Å²) in [5, 5.41) is 5.31.